The molecule has 0 aromatic carbocycles. The zero-order valence-corrected chi connectivity index (χ0v) is 12.9. The predicted molar refractivity (Wildman–Crippen MR) is 80.7 cm³/mol. The van der Waals surface area contributed by atoms with E-state index in [9.17, 15) is 4.79 Å². The molecule has 0 saturated heterocycles. The van der Waals surface area contributed by atoms with E-state index < -0.39 is 5.60 Å². The molecule has 1 saturated carbocycles. The second kappa shape index (κ2) is 5.68. The summed E-state index contributed by atoms with van der Waals surface area (Å²) in [6.07, 6.45) is 8.71. The van der Waals surface area contributed by atoms with Crippen LogP contribution in [0.3, 0.4) is 0 Å². The maximum atomic E-state index is 11.8. The molecule has 1 fully saturated rings. The summed E-state index contributed by atoms with van der Waals surface area (Å²) < 4.78 is 5.67. The number of aromatic nitrogens is 1. The number of nitrogens with zero attached hydrogens (tertiary/aromatic N) is 2. The highest BCUT2D eigenvalue weighted by atomic mass is 35.5. The first kappa shape index (κ1) is 14.4. The maximum Gasteiger partial charge on any atom is 0.333 e. The summed E-state index contributed by atoms with van der Waals surface area (Å²) in [6, 6.07) is 3.74. The first-order chi connectivity index (χ1) is 10.1. The number of rotatable bonds is 3. The van der Waals surface area contributed by atoms with Crippen LogP contribution in [0.25, 0.3) is 0 Å². The lowest BCUT2D eigenvalue weighted by Gasteiger charge is -2.38. The molecule has 1 aromatic heterocycles. The van der Waals surface area contributed by atoms with E-state index in [1.54, 1.807) is 18.3 Å². The Kier molecular flexibility index (Phi) is 3.89. The van der Waals surface area contributed by atoms with Crippen LogP contribution >= 0.6 is 11.6 Å². The van der Waals surface area contributed by atoms with E-state index in [-0.39, 0.29) is 5.97 Å². The third kappa shape index (κ3) is 2.91. The van der Waals surface area contributed by atoms with Crippen LogP contribution in [-0.2, 0) is 16.1 Å². The first-order valence-electron chi connectivity index (χ1n) is 7.36. The summed E-state index contributed by atoms with van der Waals surface area (Å²) in [6.45, 7) is 0.689. The van der Waals surface area contributed by atoms with Gasteiger partial charge in [-0.3, -0.25) is 0 Å². The molecule has 0 radical (unpaired) electrons. The molecule has 21 heavy (non-hydrogen) atoms. The normalized spacial score (nSPS) is 20.3. The van der Waals surface area contributed by atoms with Gasteiger partial charge in [0.1, 0.15) is 5.15 Å². The lowest BCUT2D eigenvalue weighted by Crippen LogP contribution is -2.40. The van der Waals surface area contributed by atoms with Crippen LogP contribution < -0.4 is 0 Å². The fourth-order valence-corrected chi connectivity index (χ4v) is 3.43. The van der Waals surface area contributed by atoms with Gasteiger partial charge in [0.2, 0.25) is 0 Å². The van der Waals surface area contributed by atoms with Gasteiger partial charge in [-0.05, 0) is 37.3 Å². The molecule has 0 N–H and O–H groups in total. The topological polar surface area (TPSA) is 42.4 Å². The van der Waals surface area contributed by atoms with Crippen molar-refractivity contribution < 1.29 is 9.53 Å². The quantitative estimate of drug-likeness (QED) is 0.635. The lowest BCUT2D eigenvalue weighted by atomic mass is 9.82. The van der Waals surface area contributed by atoms with Crippen LogP contribution in [0.5, 0.6) is 0 Å². The fraction of sp³-hybridized carbons (Fsp3) is 0.500. The van der Waals surface area contributed by atoms with E-state index in [1.165, 1.54) is 6.42 Å². The molecule has 0 atom stereocenters. The van der Waals surface area contributed by atoms with Crippen LogP contribution in [0.2, 0.25) is 5.15 Å². The largest absolute Gasteiger partial charge is 0.449 e. The molecule has 2 aliphatic rings. The molecule has 0 bridgehead atoms. The van der Waals surface area contributed by atoms with Crippen molar-refractivity contribution in [3.8, 4) is 0 Å². The van der Waals surface area contributed by atoms with E-state index >= 15 is 0 Å². The van der Waals surface area contributed by atoms with Crippen LogP contribution in [0.15, 0.2) is 30.1 Å². The third-order valence-corrected chi connectivity index (χ3v) is 4.52. The number of hydrogen-bond donors (Lipinski definition) is 0. The highest BCUT2D eigenvalue weighted by molar-refractivity contribution is 6.29. The SMILES string of the molecule is CN(Cc1ccc(Cl)nc1)C1=CC(=O)OC12CCCCC2. The van der Waals surface area contributed by atoms with Crippen molar-refractivity contribution in [2.45, 2.75) is 44.2 Å². The Labute approximate surface area is 129 Å². The van der Waals surface area contributed by atoms with Crippen molar-refractivity contribution in [2.75, 3.05) is 7.05 Å². The molecule has 1 spiro atoms. The number of carbonyl (C=O) groups excluding carboxylic acids is 1. The average molecular weight is 307 g/mol. The molecule has 5 heteroatoms. The summed E-state index contributed by atoms with van der Waals surface area (Å²) in [5, 5.41) is 0.490. The monoisotopic (exact) mass is 306 g/mol. The average Bonchev–Trinajstić information content (AvgIpc) is 2.78. The van der Waals surface area contributed by atoms with Gasteiger partial charge in [0.25, 0.3) is 0 Å². The number of esters is 1. The molecule has 0 unspecified atom stereocenters. The minimum Gasteiger partial charge on any atom is -0.449 e. The van der Waals surface area contributed by atoms with E-state index in [0.29, 0.717) is 11.7 Å². The van der Waals surface area contributed by atoms with Gasteiger partial charge in [-0.2, -0.15) is 0 Å². The van der Waals surface area contributed by atoms with Gasteiger partial charge in [0.15, 0.2) is 5.60 Å². The van der Waals surface area contributed by atoms with Crippen molar-refractivity contribution in [1.29, 1.82) is 0 Å². The Hall–Kier alpha value is -1.55. The Balaban J connectivity index is 1.78. The maximum absolute atomic E-state index is 11.8. The second-order valence-corrected chi connectivity index (χ2v) is 6.24. The zero-order valence-electron chi connectivity index (χ0n) is 12.1. The second-order valence-electron chi connectivity index (χ2n) is 5.85. The van der Waals surface area contributed by atoms with Crippen molar-refractivity contribution in [1.82, 2.24) is 9.88 Å². The highest BCUT2D eigenvalue weighted by Crippen LogP contribution is 2.42. The molecule has 4 nitrogen and oxygen atoms in total. The van der Waals surface area contributed by atoms with Gasteiger partial charge in [-0.25, -0.2) is 9.78 Å². The standard InChI is InChI=1S/C16H19ClN2O2/c1-19(11-12-5-6-14(17)18-10-12)13-9-15(20)21-16(13)7-3-2-4-8-16/h5-6,9-10H,2-4,7-8,11H2,1H3. The molecule has 3 rings (SSSR count). The number of carbonyl (C=O) groups is 1. The molecule has 0 amide bonds. The van der Waals surface area contributed by atoms with Crippen LogP contribution in [0.1, 0.15) is 37.7 Å². The van der Waals surface area contributed by atoms with Crippen molar-refractivity contribution in [2.24, 2.45) is 0 Å². The minimum atomic E-state index is -0.399. The summed E-state index contributed by atoms with van der Waals surface area (Å²) in [5.74, 6) is -0.215. The van der Waals surface area contributed by atoms with Crippen molar-refractivity contribution in [3.05, 3.63) is 40.8 Å². The third-order valence-electron chi connectivity index (χ3n) is 4.30. The van der Waals surface area contributed by atoms with Crippen LogP contribution in [0.4, 0.5) is 0 Å². The Morgan fingerprint density at radius 3 is 2.76 bits per heavy atom. The fourth-order valence-electron chi connectivity index (χ4n) is 3.32. The summed E-state index contributed by atoms with van der Waals surface area (Å²) in [5.41, 5.74) is 1.67. The first-order valence-corrected chi connectivity index (χ1v) is 7.74. The number of pyridine rings is 1. The van der Waals surface area contributed by atoms with E-state index in [1.807, 2.05) is 13.1 Å². The summed E-state index contributed by atoms with van der Waals surface area (Å²) in [7, 11) is 2.00. The zero-order chi connectivity index (χ0) is 14.9. The van der Waals surface area contributed by atoms with Gasteiger partial charge in [-0.15, -0.1) is 0 Å². The number of likely N-dealkylation sites (N-methyl/N-ethyl adjacent to an activating group) is 1. The van der Waals surface area contributed by atoms with E-state index in [4.69, 9.17) is 16.3 Å². The van der Waals surface area contributed by atoms with Crippen molar-refractivity contribution in [3.63, 3.8) is 0 Å². The molecule has 1 aromatic rings. The summed E-state index contributed by atoms with van der Waals surface area (Å²) in [4.78, 5) is 18.0. The van der Waals surface area contributed by atoms with Crippen LogP contribution in [0, 0.1) is 0 Å². The molecule has 1 aliphatic heterocycles. The van der Waals surface area contributed by atoms with Gasteiger partial charge in [0.05, 0.1) is 5.70 Å². The van der Waals surface area contributed by atoms with Gasteiger partial charge >= 0.3 is 5.97 Å². The predicted octanol–water partition coefficient (Wildman–Crippen LogP) is 3.31. The van der Waals surface area contributed by atoms with Crippen LogP contribution in [-0.4, -0.2) is 28.5 Å². The Morgan fingerprint density at radius 2 is 2.10 bits per heavy atom. The molecule has 112 valence electrons. The smallest absolute Gasteiger partial charge is 0.333 e. The van der Waals surface area contributed by atoms with Gasteiger partial charge < -0.3 is 9.64 Å². The number of hydrogen-bond acceptors (Lipinski definition) is 4. The molecular formula is C16H19ClN2O2. The van der Waals surface area contributed by atoms with E-state index in [0.717, 1.165) is 36.9 Å². The summed E-state index contributed by atoms with van der Waals surface area (Å²) >= 11 is 5.81. The van der Waals surface area contributed by atoms with Gasteiger partial charge in [0, 0.05) is 25.9 Å². The van der Waals surface area contributed by atoms with Crippen molar-refractivity contribution >= 4 is 17.6 Å². The Morgan fingerprint density at radius 1 is 1.33 bits per heavy atom. The number of ether oxygens (including phenoxy) is 1. The molecule has 1 aliphatic carbocycles. The number of halogens is 1. The Bertz CT molecular complexity index is 562. The lowest BCUT2D eigenvalue weighted by molar-refractivity contribution is -0.149. The minimum absolute atomic E-state index is 0.215. The van der Waals surface area contributed by atoms with Gasteiger partial charge in [-0.1, -0.05) is 24.1 Å². The molecular weight excluding hydrogens is 288 g/mol. The van der Waals surface area contributed by atoms with E-state index in [2.05, 4.69) is 9.88 Å². The molecule has 2 heterocycles. The highest BCUT2D eigenvalue weighted by Gasteiger charge is 2.45.